The van der Waals surface area contributed by atoms with Crippen molar-refractivity contribution in [3.05, 3.63) is 95.8 Å². The molecule has 0 saturated heterocycles. The Hall–Kier alpha value is -4.27. The Morgan fingerprint density at radius 2 is 1.89 bits per heavy atom. The van der Waals surface area contributed by atoms with Crippen LogP contribution in [-0.2, 0) is 24.3 Å². The van der Waals surface area contributed by atoms with E-state index in [4.69, 9.17) is 5.73 Å². The van der Waals surface area contributed by atoms with Gasteiger partial charge in [0.15, 0.2) is 11.6 Å². The zero-order valence-corrected chi connectivity index (χ0v) is 19.1. The lowest BCUT2D eigenvalue weighted by Gasteiger charge is -2.25. The number of aromatic nitrogens is 4. The second-order valence-corrected chi connectivity index (χ2v) is 8.65. The number of hydrogen-bond acceptors (Lipinski definition) is 6. The summed E-state index contributed by atoms with van der Waals surface area (Å²) in [5, 5.41) is 7.37. The first-order valence-corrected chi connectivity index (χ1v) is 11.5. The maximum Gasteiger partial charge on any atom is 0.221 e. The summed E-state index contributed by atoms with van der Waals surface area (Å²) in [6, 6.07) is 17.6. The molecular formula is C26H26FN7O. The Morgan fingerprint density at radius 3 is 2.60 bits per heavy atom. The average molecular weight is 472 g/mol. The number of rotatable bonds is 10. The van der Waals surface area contributed by atoms with Crippen LogP contribution in [0.5, 0.6) is 0 Å². The predicted octanol–water partition coefficient (Wildman–Crippen LogP) is 3.61. The number of nitrogens with one attached hydrogen (secondary N) is 1. The van der Waals surface area contributed by atoms with Crippen molar-refractivity contribution < 1.29 is 9.18 Å². The van der Waals surface area contributed by atoms with Crippen molar-refractivity contribution >= 4 is 17.5 Å². The number of nitrogens with zero attached hydrogens (tertiary/aromatic N) is 5. The normalized spacial score (nSPS) is 12.9. The van der Waals surface area contributed by atoms with Gasteiger partial charge in [-0.2, -0.15) is 9.49 Å². The molecule has 5 rings (SSSR count). The second kappa shape index (κ2) is 9.92. The highest BCUT2D eigenvalue weighted by Crippen LogP contribution is 2.34. The van der Waals surface area contributed by atoms with Gasteiger partial charge in [-0.3, -0.25) is 4.79 Å². The van der Waals surface area contributed by atoms with Crippen LogP contribution in [0.25, 0.3) is 5.69 Å². The lowest BCUT2D eigenvalue weighted by Crippen LogP contribution is -2.27. The second-order valence-electron chi connectivity index (χ2n) is 8.65. The summed E-state index contributed by atoms with van der Waals surface area (Å²) in [7, 11) is 0. The van der Waals surface area contributed by atoms with Crippen LogP contribution in [0.4, 0.5) is 16.0 Å². The van der Waals surface area contributed by atoms with Crippen molar-refractivity contribution in [3.63, 3.8) is 0 Å². The molecule has 1 aliphatic carbocycles. The van der Waals surface area contributed by atoms with Crippen molar-refractivity contribution in [2.75, 3.05) is 10.2 Å². The van der Waals surface area contributed by atoms with Crippen LogP contribution in [0, 0.1) is 5.82 Å². The van der Waals surface area contributed by atoms with Crippen LogP contribution in [0.2, 0.25) is 0 Å². The fourth-order valence-electron chi connectivity index (χ4n) is 4.02. The number of amides is 1. The first-order chi connectivity index (χ1) is 17.1. The topological polar surface area (TPSA) is 102 Å². The van der Waals surface area contributed by atoms with Gasteiger partial charge in [-0.15, -0.1) is 0 Å². The smallest absolute Gasteiger partial charge is 0.221 e. The van der Waals surface area contributed by atoms with Gasteiger partial charge in [0.2, 0.25) is 11.7 Å². The van der Waals surface area contributed by atoms with Crippen LogP contribution in [0.1, 0.15) is 29.5 Å². The Balaban J connectivity index is 1.32. The fraction of sp³-hybridized carbons (Fsp3) is 0.231. The van der Waals surface area contributed by atoms with E-state index in [1.54, 1.807) is 10.9 Å². The van der Waals surface area contributed by atoms with Crippen LogP contribution < -0.4 is 16.0 Å². The molecule has 2 heterocycles. The van der Waals surface area contributed by atoms with Gasteiger partial charge in [-0.05, 0) is 47.7 Å². The number of anilines is 2. The Morgan fingerprint density at radius 1 is 1.09 bits per heavy atom. The van der Waals surface area contributed by atoms with Crippen molar-refractivity contribution in [1.82, 2.24) is 19.7 Å². The molecule has 1 aliphatic rings. The molecule has 3 N–H and O–H groups in total. The van der Waals surface area contributed by atoms with Gasteiger partial charge in [0.1, 0.15) is 6.33 Å². The zero-order valence-electron chi connectivity index (χ0n) is 19.1. The minimum Gasteiger partial charge on any atom is -0.369 e. The molecule has 2 aromatic carbocycles. The van der Waals surface area contributed by atoms with E-state index in [0.29, 0.717) is 18.9 Å². The minimum absolute atomic E-state index is 0.159. The van der Waals surface area contributed by atoms with Crippen molar-refractivity contribution in [2.45, 2.75) is 38.4 Å². The summed E-state index contributed by atoms with van der Waals surface area (Å²) >= 11 is 0. The lowest BCUT2D eigenvalue weighted by atomic mass is 10.1. The predicted molar refractivity (Wildman–Crippen MR) is 131 cm³/mol. The number of carbonyl (C=O) groups is 1. The summed E-state index contributed by atoms with van der Waals surface area (Å²) in [6.45, 7) is 0.925. The first kappa shape index (κ1) is 22.5. The number of primary amides is 1. The number of carbonyl (C=O) groups excluding carboxylic acids is 1. The number of nitrogens with two attached hydrogens (primary N) is 1. The van der Waals surface area contributed by atoms with Gasteiger partial charge in [0.25, 0.3) is 0 Å². The van der Waals surface area contributed by atoms with E-state index in [1.807, 2.05) is 59.6 Å². The Labute approximate surface area is 202 Å². The van der Waals surface area contributed by atoms with Gasteiger partial charge in [-0.25, -0.2) is 14.6 Å². The molecule has 0 aliphatic heterocycles. The van der Waals surface area contributed by atoms with Gasteiger partial charge in [0.05, 0.1) is 12.1 Å². The van der Waals surface area contributed by atoms with Crippen LogP contribution in [0.3, 0.4) is 0 Å². The molecule has 1 amide bonds. The van der Waals surface area contributed by atoms with E-state index >= 15 is 4.39 Å². The maximum absolute atomic E-state index is 15.5. The zero-order chi connectivity index (χ0) is 24.2. The first-order valence-electron chi connectivity index (χ1n) is 11.5. The van der Waals surface area contributed by atoms with Crippen LogP contribution >= 0.6 is 0 Å². The SMILES string of the molecule is NC(=O)Cc1ccc(CNc2ncnc(N(Cc3cccc(-n4cccn4)c3)C3CC3)c2F)cc1. The highest BCUT2D eigenvalue weighted by Gasteiger charge is 2.32. The number of hydrogen-bond donors (Lipinski definition) is 2. The molecular weight excluding hydrogens is 445 g/mol. The number of halogens is 1. The van der Waals surface area contributed by atoms with E-state index < -0.39 is 5.82 Å². The third-order valence-electron chi connectivity index (χ3n) is 5.92. The maximum atomic E-state index is 15.5. The third-order valence-corrected chi connectivity index (χ3v) is 5.92. The summed E-state index contributed by atoms with van der Waals surface area (Å²) < 4.78 is 17.3. The molecule has 1 fully saturated rings. The quantitative estimate of drug-likeness (QED) is 0.366. The molecule has 8 nitrogen and oxygen atoms in total. The lowest BCUT2D eigenvalue weighted by molar-refractivity contribution is -0.117. The molecule has 1 saturated carbocycles. The average Bonchev–Trinajstić information content (AvgIpc) is 3.55. The van der Waals surface area contributed by atoms with E-state index in [9.17, 15) is 4.79 Å². The van der Waals surface area contributed by atoms with Gasteiger partial charge >= 0.3 is 0 Å². The number of benzene rings is 2. The Bertz CT molecular complexity index is 1300. The summed E-state index contributed by atoms with van der Waals surface area (Å²) in [5.74, 6) is -0.383. The molecule has 9 heteroatoms. The molecule has 35 heavy (non-hydrogen) atoms. The van der Waals surface area contributed by atoms with E-state index in [0.717, 1.165) is 35.2 Å². The van der Waals surface area contributed by atoms with E-state index in [-0.39, 0.29) is 24.2 Å². The molecule has 0 radical (unpaired) electrons. The molecule has 0 spiro atoms. The molecule has 0 bridgehead atoms. The molecule has 0 atom stereocenters. The van der Waals surface area contributed by atoms with E-state index in [2.05, 4.69) is 26.4 Å². The van der Waals surface area contributed by atoms with Gasteiger partial charge in [0, 0.05) is 31.5 Å². The molecule has 0 unspecified atom stereocenters. The van der Waals surface area contributed by atoms with Crippen molar-refractivity contribution in [1.29, 1.82) is 0 Å². The summed E-state index contributed by atoms with van der Waals surface area (Å²) in [5.41, 5.74) is 9.02. The standard InChI is InChI=1S/C26H26FN7O/c27-24-25(29-15-19-7-5-18(6-8-19)14-23(28)35)30-17-31-26(24)33(21-9-10-21)16-20-3-1-4-22(13-20)34-12-2-11-32-34/h1-8,11-13,17,21H,9-10,14-16H2,(H2,28,35)(H,29,30,31). The van der Waals surface area contributed by atoms with Gasteiger partial charge < -0.3 is 16.0 Å². The summed E-state index contributed by atoms with van der Waals surface area (Å²) in [6.07, 6.45) is 7.23. The van der Waals surface area contributed by atoms with Crippen molar-refractivity contribution in [3.8, 4) is 5.69 Å². The largest absolute Gasteiger partial charge is 0.369 e. The highest BCUT2D eigenvalue weighted by molar-refractivity contribution is 5.76. The highest BCUT2D eigenvalue weighted by atomic mass is 19.1. The molecule has 4 aromatic rings. The van der Waals surface area contributed by atoms with Gasteiger partial charge in [-0.1, -0.05) is 36.4 Å². The monoisotopic (exact) mass is 471 g/mol. The summed E-state index contributed by atoms with van der Waals surface area (Å²) in [4.78, 5) is 21.5. The fourth-order valence-corrected chi connectivity index (χ4v) is 4.02. The van der Waals surface area contributed by atoms with Crippen LogP contribution in [0.15, 0.2) is 73.3 Å². The van der Waals surface area contributed by atoms with Crippen molar-refractivity contribution in [2.24, 2.45) is 5.73 Å². The van der Waals surface area contributed by atoms with Crippen LogP contribution in [-0.4, -0.2) is 31.7 Å². The van der Waals surface area contributed by atoms with E-state index in [1.165, 1.54) is 6.33 Å². The Kier molecular flexibility index (Phi) is 6.38. The third kappa shape index (κ3) is 5.46. The minimum atomic E-state index is -0.465. The molecule has 178 valence electrons. The molecule has 2 aromatic heterocycles.